The lowest BCUT2D eigenvalue weighted by Gasteiger charge is -2.18. The second-order valence-corrected chi connectivity index (χ2v) is 7.24. The summed E-state index contributed by atoms with van der Waals surface area (Å²) in [5, 5.41) is 4.22. The molecule has 8 nitrogen and oxygen atoms in total. The highest BCUT2D eigenvalue weighted by atomic mass is 35.5. The van der Waals surface area contributed by atoms with Gasteiger partial charge in [-0.2, -0.15) is 5.10 Å². The van der Waals surface area contributed by atoms with Gasteiger partial charge in [-0.15, -0.1) is 0 Å². The van der Waals surface area contributed by atoms with Crippen LogP contribution in [0.1, 0.15) is 21.7 Å². The average molecular weight is 455 g/mol. The molecule has 0 bridgehead atoms. The van der Waals surface area contributed by atoms with E-state index in [2.05, 4.69) is 10.5 Å². The largest absolute Gasteiger partial charge is 0.486 e. The molecular weight excluding hydrogens is 436 g/mol. The Morgan fingerprint density at radius 3 is 2.72 bits per heavy atom. The molecule has 0 radical (unpaired) electrons. The van der Waals surface area contributed by atoms with Crippen LogP contribution in [0.25, 0.3) is 11.3 Å². The van der Waals surface area contributed by atoms with Crippen LogP contribution in [0.5, 0.6) is 11.5 Å². The first-order chi connectivity index (χ1) is 15.5. The number of halogens is 1. The number of rotatable bonds is 6. The zero-order valence-corrected chi connectivity index (χ0v) is 17.8. The number of fused-ring (bicyclic) bond motifs is 1. The van der Waals surface area contributed by atoms with E-state index in [9.17, 15) is 9.59 Å². The zero-order chi connectivity index (χ0) is 22.5. The molecule has 0 aliphatic carbocycles. The van der Waals surface area contributed by atoms with Crippen LogP contribution < -0.4 is 14.9 Å². The van der Waals surface area contributed by atoms with Crippen molar-refractivity contribution in [2.45, 2.75) is 6.42 Å². The summed E-state index contributed by atoms with van der Waals surface area (Å²) in [6.07, 6.45) is 1.53. The van der Waals surface area contributed by atoms with Crippen molar-refractivity contribution in [3.8, 4) is 22.8 Å². The number of carbonyl (C=O) groups excluding carboxylic acids is 2. The Labute approximate surface area is 188 Å². The third-order valence-corrected chi connectivity index (χ3v) is 4.96. The molecule has 1 aliphatic heterocycles. The van der Waals surface area contributed by atoms with E-state index in [1.807, 2.05) is 6.07 Å². The average Bonchev–Trinajstić information content (AvgIpc) is 3.27. The molecule has 1 aliphatic rings. The lowest BCUT2D eigenvalue weighted by molar-refractivity contribution is -0.120. The predicted molar refractivity (Wildman–Crippen MR) is 117 cm³/mol. The Bertz CT molecular complexity index is 1190. The van der Waals surface area contributed by atoms with Gasteiger partial charge in [0.15, 0.2) is 11.5 Å². The summed E-state index contributed by atoms with van der Waals surface area (Å²) in [5.41, 5.74) is 4.14. The molecule has 0 saturated carbocycles. The molecule has 0 fully saturated rings. The summed E-state index contributed by atoms with van der Waals surface area (Å²) in [6, 6.07) is 13.7. The van der Waals surface area contributed by atoms with Gasteiger partial charge in [-0.3, -0.25) is 4.79 Å². The number of hydrogen-bond donors (Lipinski definition) is 1. The first-order valence-corrected chi connectivity index (χ1v) is 10.1. The highest BCUT2D eigenvalue weighted by Gasteiger charge is 2.14. The summed E-state index contributed by atoms with van der Waals surface area (Å²) in [7, 11) is 1.29. The van der Waals surface area contributed by atoms with Gasteiger partial charge in [0.1, 0.15) is 24.7 Å². The molecule has 2 aromatic carbocycles. The van der Waals surface area contributed by atoms with Crippen molar-refractivity contribution < 1.29 is 28.2 Å². The lowest BCUT2D eigenvalue weighted by atomic mass is 10.1. The van der Waals surface area contributed by atoms with E-state index in [1.54, 1.807) is 42.5 Å². The first kappa shape index (κ1) is 21.5. The Balaban J connectivity index is 1.37. The minimum Gasteiger partial charge on any atom is -0.486 e. The van der Waals surface area contributed by atoms with E-state index in [1.165, 1.54) is 13.3 Å². The van der Waals surface area contributed by atoms with E-state index >= 15 is 0 Å². The van der Waals surface area contributed by atoms with Crippen molar-refractivity contribution in [1.82, 2.24) is 5.43 Å². The number of amides is 1. The molecule has 1 amide bonds. The van der Waals surface area contributed by atoms with Gasteiger partial charge >= 0.3 is 5.97 Å². The Morgan fingerprint density at radius 1 is 1.09 bits per heavy atom. The fourth-order valence-electron chi connectivity index (χ4n) is 3.11. The molecule has 1 N–H and O–H groups in total. The molecule has 0 unspecified atom stereocenters. The van der Waals surface area contributed by atoms with Crippen molar-refractivity contribution in [3.63, 3.8) is 0 Å². The monoisotopic (exact) mass is 454 g/mol. The molecule has 0 spiro atoms. The molecule has 3 aromatic rings. The third-order valence-electron chi connectivity index (χ3n) is 4.64. The van der Waals surface area contributed by atoms with Gasteiger partial charge < -0.3 is 18.6 Å². The predicted octanol–water partition coefficient (Wildman–Crippen LogP) is 3.85. The van der Waals surface area contributed by atoms with Gasteiger partial charge in [0.05, 0.1) is 30.3 Å². The van der Waals surface area contributed by atoms with E-state index in [4.69, 9.17) is 30.2 Å². The third kappa shape index (κ3) is 4.92. The van der Waals surface area contributed by atoms with Crippen molar-refractivity contribution in [2.75, 3.05) is 20.3 Å². The number of hydrazone groups is 1. The summed E-state index contributed by atoms with van der Waals surface area (Å²) >= 11 is 6.05. The lowest BCUT2D eigenvalue weighted by Crippen LogP contribution is -2.20. The molecule has 164 valence electrons. The van der Waals surface area contributed by atoms with E-state index < -0.39 is 5.97 Å². The van der Waals surface area contributed by atoms with Gasteiger partial charge in [0.25, 0.3) is 0 Å². The van der Waals surface area contributed by atoms with Crippen LogP contribution in [0.3, 0.4) is 0 Å². The molecule has 9 heteroatoms. The highest BCUT2D eigenvalue weighted by Crippen LogP contribution is 2.31. The quantitative estimate of drug-likeness (QED) is 0.345. The number of nitrogens with zero attached hydrogens (tertiary/aromatic N) is 1. The van der Waals surface area contributed by atoms with Crippen LogP contribution in [0.2, 0.25) is 5.02 Å². The molecule has 1 aromatic heterocycles. The molecule has 2 heterocycles. The summed E-state index contributed by atoms with van der Waals surface area (Å²) in [4.78, 5) is 24.0. The maximum absolute atomic E-state index is 12.2. The Morgan fingerprint density at radius 2 is 1.91 bits per heavy atom. The SMILES string of the molecule is COC(=O)c1cc(-c2ccc(/C=N\NC(=O)Cc3ccc4c(c3)OCCO4)o2)ccc1Cl. The van der Waals surface area contributed by atoms with Gasteiger partial charge in [-0.1, -0.05) is 17.7 Å². The van der Waals surface area contributed by atoms with Crippen LogP contribution in [-0.2, 0) is 16.0 Å². The molecular formula is C23H19ClN2O6. The molecule has 4 rings (SSSR count). The number of furan rings is 1. The number of methoxy groups -OCH3 is 1. The Hall–Kier alpha value is -3.78. The fraction of sp³-hybridized carbons (Fsp3) is 0.174. The number of hydrogen-bond acceptors (Lipinski definition) is 7. The minimum absolute atomic E-state index is 0.137. The minimum atomic E-state index is -0.536. The Kier molecular flexibility index (Phi) is 6.42. The molecule has 0 atom stereocenters. The maximum Gasteiger partial charge on any atom is 0.339 e. The first-order valence-electron chi connectivity index (χ1n) is 9.72. The number of nitrogens with one attached hydrogen (secondary N) is 1. The highest BCUT2D eigenvalue weighted by molar-refractivity contribution is 6.33. The summed E-state index contributed by atoms with van der Waals surface area (Å²) in [6.45, 7) is 0.999. The summed E-state index contributed by atoms with van der Waals surface area (Å²) in [5.74, 6) is 1.42. The van der Waals surface area contributed by atoms with E-state index in [0.717, 1.165) is 5.56 Å². The van der Waals surface area contributed by atoms with Crippen molar-refractivity contribution in [3.05, 3.63) is 70.4 Å². The van der Waals surface area contributed by atoms with Crippen LogP contribution in [0, 0.1) is 0 Å². The van der Waals surface area contributed by atoms with Gasteiger partial charge in [0.2, 0.25) is 5.91 Å². The van der Waals surface area contributed by atoms with Crippen molar-refractivity contribution in [1.29, 1.82) is 0 Å². The number of carbonyl (C=O) groups is 2. The van der Waals surface area contributed by atoms with Crippen molar-refractivity contribution in [2.24, 2.45) is 5.10 Å². The van der Waals surface area contributed by atoms with Gasteiger partial charge in [0, 0.05) is 5.56 Å². The normalized spacial score (nSPS) is 12.6. The van der Waals surface area contributed by atoms with Crippen LogP contribution >= 0.6 is 11.6 Å². The second kappa shape index (κ2) is 9.57. The number of esters is 1. The van der Waals surface area contributed by atoms with E-state index in [-0.39, 0.29) is 22.9 Å². The van der Waals surface area contributed by atoms with Crippen LogP contribution in [0.4, 0.5) is 0 Å². The second-order valence-electron chi connectivity index (χ2n) is 6.84. The van der Waals surface area contributed by atoms with Gasteiger partial charge in [-0.05, 0) is 48.0 Å². The van der Waals surface area contributed by atoms with Crippen molar-refractivity contribution >= 4 is 29.7 Å². The standard InChI is InChI=1S/C23H19ClN2O6/c1-29-23(28)17-12-15(3-5-18(17)24)19-7-4-16(32-19)13-25-26-22(27)11-14-2-6-20-21(10-14)31-9-8-30-20/h2-7,10,12-13H,8-9,11H2,1H3,(H,26,27)/b25-13-. The number of benzene rings is 2. The zero-order valence-electron chi connectivity index (χ0n) is 17.1. The topological polar surface area (TPSA) is 99.4 Å². The smallest absolute Gasteiger partial charge is 0.339 e. The van der Waals surface area contributed by atoms with Gasteiger partial charge in [-0.25, -0.2) is 10.2 Å². The maximum atomic E-state index is 12.2. The van der Waals surface area contributed by atoms with Crippen LogP contribution in [-0.4, -0.2) is 38.4 Å². The van der Waals surface area contributed by atoms with Crippen LogP contribution in [0.15, 0.2) is 58.0 Å². The van der Waals surface area contributed by atoms with E-state index in [0.29, 0.717) is 41.8 Å². The molecule has 0 saturated heterocycles. The fourth-order valence-corrected chi connectivity index (χ4v) is 3.31. The molecule has 32 heavy (non-hydrogen) atoms. The summed E-state index contributed by atoms with van der Waals surface area (Å²) < 4.78 is 21.4. The number of ether oxygens (including phenoxy) is 3.